The third-order valence-electron chi connectivity index (χ3n) is 1.47. The fourth-order valence-corrected chi connectivity index (χ4v) is 1.11. The van der Waals surface area contributed by atoms with Crippen LogP contribution in [0.1, 0.15) is 10.4 Å². The van der Waals surface area contributed by atoms with Crippen LogP contribution in [0.2, 0.25) is 5.02 Å². The van der Waals surface area contributed by atoms with Crippen molar-refractivity contribution < 1.29 is 14.0 Å². The van der Waals surface area contributed by atoms with Gasteiger partial charge in [-0.1, -0.05) is 11.6 Å². The first-order valence-corrected chi connectivity index (χ1v) is 4.19. The molecule has 4 N–H and O–H groups in total. The van der Waals surface area contributed by atoms with Gasteiger partial charge in [0.2, 0.25) is 0 Å². The van der Waals surface area contributed by atoms with E-state index in [0.717, 1.165) is 12.1 Å². The molecule has 15 heavy (non-hydrogen) atoms. The van der Waals surface area contributed by atoms with Crippen LogP contribution in [0.15, 0.2) is 18.2 Å². The maximum atomic E-state index is 12.6. The molecule has 0 atom stereocenters. The summed E-state index contributed by atoms with van der Waals surface area (Å²) in [5, 5.41) is -0.0567. The number of nitrogens with one attached hydrogen (secondary N) is 2. The zero-order valence-electron chi connectivity index (χ0n) is 7.38. The molecule has 80 valence electrons. The average Bonchev–Trinajstić information content (AvgIpc) is 2.14. The SMILES string of the molecule is NC(=O)NNC(=O)c1ccc(F)cc1Cl. The summed E-state index contributed by atoms with van der Waals surface area (Å²) in [6, 6.07) is 2.34. The summed E-state index contributed by atoms with van der Waals surface area (Å²) in [5.41, 5.74) is 8.62. The lowest BCUT2D eigenvalue weighted by Crippen LogP contribution is -2.44. The van der Waals surface area contributed by atoms with Crippen molar-refractivity contribution in [3.05, 3.63) is 34.6 Å². The van der Waals surface area contributed by atoms with E-state index in [2.05, 4.69) is 0 Å². The van der Waals surface area contributed by atoms with E-state index in [0.29, 0.717) is 0 Å². The minimum atomic E-state index is -0.915. The molecule has 0 bridgehead atoms. The second-order valence-corrected chi connectivity index (χ2v) is 2.97. The molecule has 0 aliphatic heterocycles. The van der Waals surface area contributed by atoms with E-state index in [1.165, 1.54) is 6.07 Å². The Morgan fingerprint density at radius 2 is 2.00 bits per heavy atom. The Balaban J connectivity index is 2.78. The molecule has 7 heteroatoms. The van der Waals surface area contributed by atoms with Crippen molar-refractivity contribution in [2.24, 2.45) is 5.73 Å². The van der Waals surface area contributed by atoms with Crippen LogP contribution in [-0.4, -0.2) is 11.9 Å². The predicted octanol–water partition coefficient (Wildman–Crippen LogP) is 0.792. The highest BCUT2D eigenvalue weighted by atomic mass is 35.5. The summed E-state index contributed by atoms with van der Waals surface area (Å²) in [4.78, 5) is 21.6. The van der Waals surface area contributed by atoms with Gasteiger partial charge >= 0.3 is 6.03 Å². The highest BCUT2D eigenvalue weighted by Gasteiger charge is 2.10. The first-order valence-electron chi connectivity index (χ1n) is 3.81. The Kier molecular flexibility index (Phi) is 3.46. The van der Waals surface area contributed by atoms with Crippen molar-refractivity contribution in [1.82, 2.24) is 10.9 Å². The van der Waals surface area contributed by atoms with Crippen molar-refractivity contribution in [1.29, 1.82) is 0 Å². The smallest absolute Gasteiger partial charge is 0.330 e. The Labute approximate surface area is 89.4 Å². The number of hydrogen-bond donors (Lipinski definition) is 3. The van der Waals surface area contributed by atoms with Gasteiger partial charge in [-0.2, -0.15) is 0 Å². The molecule has 1 aromatic carbocycles. The third-order valence-corrected chi connectivity index (χ3v) is 1.79. The lowest BCUT2D eigenvalue weighted by atomic mass is 10.2. The molecule has 0 saturated carbocycles. The van der Waals surface area contributed by atoms with Crippen LogP contribution in [0, 0.1) is 5.82 Å². The van der Waals surface area contributed by atoms with E-state index in [1.54, 1.807) is 0 Å². The highest BCUT2D eigenvalue weighted by Crippen LogP contribution is 2.16. The van der Waals surface area contributed by atoms with Crippen molar-refractivity contribution in [3.63, 3.8) is 0 Å². The van der Waals surface area contributed by atoms with Crippen LogP contribution in [0.25, 0.3) is 0 Å². The Morgan fingerprint density at radius 3 is 2.53 bits per heavy atom. The number of carbonyl (C=O) groups excluding carboxylic acids is 2. The number of carbonyl (C=O) groups is 2. The predicted molar refractivity (Wildman–Crippen MR) is 51.6 cm³/mol. The minimum absolute atomic E-state index is 0.0341. The topological polar surface area (TPSA) is 84.2 Å². The number of nitrogens with two attached hydrogens (primary N) is 1. The first-order chi connectivity index (χ1) is 7.00. The number of rotatable bonds is 1. The Hall–Kier alpha value is -1.82. The fraction of sp³-hybridized carbons (Fsp3) is 0. The molecule has 0 heterocycles. The van der Waals surface area contributed by atoms with E-state index in [9.17, 15) is 14.0 Å². The van der Waals surface area contributed by atoms with Crippen LogP contribution in [0.5, 0.6) is 0 Å². The monoisotopic (exact) mass is 231 g/mol. The summed E-state index contributed by atoms with van der Waals surface area (Å²) in [7, 11) is 0. The van der Waals surface area contributed by atoms with E-state index < -0.39 is 17.8 Å². The first kappa shape index (κ1) is 11.3. The molecule has 0 fully saturated rings. The highest BCUT2D eigenvalue weighted by molar-refractivity contribution is 6.33. The zero-order valence-corrected chi connectivity index (χ0v) is 8.14. The number of hydrogen-bond acceptors (Lipinski definition) is 2. The number of primary amides is 1. The van der Waals surface area contributed by atoms with Gasteiger partial charge in [-0.15, -0.1) is 0 Å². The molecule has 5 nitrogen and oxygen atoms in total. The Morgan fingerprint density at radius 1 is 1.33 bits per heavy atom. The van der Waals surface area contributed by atoms with Gasteiger partial charge in [-0.3, -0.25) is 10.2 Å². The molecule has 0 saturated heterocycles. The van der Waals surface area contributed by atoms with Crippen LogP contribution < -0.4 is 16.6 Å². The molecule has 3 amide bonds. The molecule has 0 aromatic heterocycles. The van der Waals surface area contributed by atoms with E-state index >= 15 is 0 Å². The molecule has 0 unspecified atom stereocenters. The minimum Gasteiger partial charge on any atom is -0.350 e. The van der Waals surface area contributed by atoms with Gasteiger partial charge in [0.05, 0.1) is 10.6 Å². The second-order valence-electron chi connectivity index (χ2n) is 2.57. The van der Waals surface area contributed by atoms with Gasteiger partial charge in [0, 0.05) is 0 Å². The van der Waals surface area contributed by atoms with Crippen LogP contribution in [0.3, 0.4) is 0 Å². The average molecular weight is 232 g/mol. The summed E-state index contributed by atoms with van der Waals surface area (Å²) < 4.78 is 12.6. The zero-order chi connectivity index (χ0) is 11.4. The summed E-state index contributed by atoms with van der Waals surface area (Å²) >= 11 is 5.59. The quantitative estimate of drug-likeness (QED) is 0.625. The lowest BCUT2D eigenvalue weighted by Gasteiger charge is -2.05. The van der Waals surface area contributed by atoms with Crippen molar-refractivity contribution >= 4 is 23.5 Å². The number of halogens is 2. The van der Waals surface area contributed by atoms with Gasteiger partial charge < -0.3 is 5.73 Å². The fourth-order valence-electron chi connectivity index (χ4n) is 0.859. The summed E-state index contributed by atoms with van der Waals surface area (Å²) in [6.45, 7) is 0. The van der Waals surface area contributed by atoms with E-state index in [1.807, 2.05) is 10.9 Å². The second kappa shape index (κ2) is 4.61. The number of benzene rings is 1. The maximum Gasteiger partial charge on any atom is 0.330 e. The van der Waals surface area contributed by atoms with Crippen LogP contribution in [-0.2, 0) is 0 Å². The maximum absolute atomic E-state index is 12.6. The van der Waals surface area contributed by atoms with Crippen molar-refractivity contribution in [3.8, 4) is 0 Å². The number of hydrazine groups is 1. The molecule has 0 aliphatic rings. The standard InChI is InChI=1S/C8H7ClFN3O2/c9-6-3-4(10)1-2-5(6)7(14)12-13-8(11)15/h1-3H,(H,12,14)(H3,11,13,15). The molecular weight excluding hydrogens is 225 g/mol. The third kappa shape index (κ3) is 3.10. The largest absolute Gasteiger partial charge is 0.350 e. The van der Waals surface area contributed by atoms with Gasteiger partial charge in [-0.25, -0.2) is 14.6 Å². The molecule has 1 rings (SSSR count). The van der Waals surface area contributed by atoms with Crippen LogP contribution in [0.4, 0.5) is 9.18 Å². The van der Waals surface area contributed by atoms with Crippen molar-refractivity contribution in [2.45, 2.75) is 0 Å². The van der Waals surface area contributed by atoms with Gasteiger partial charge in [0.15, 0.2) is 0 Å². The summed E-state index contributed by atoms with van der Waals surface area (Å²) in [5.74, 6) is -1.24. The molecular formula is C8H7ClFN3O2. The lowest BCUT2D eigenvalue weighted by molar-refractivity contribution is 0.0937. The molecule has 1 aromatic rings. The van der Waals surface area contributed by atoms with E-state index in [4.69, 9.17) is 17.3 Å². The van der Waals surface area contributed by atoms with Crippen molar-refractivity contribution in [2.75, 3.05) is 0 Å². The van der Waals surface area contributed by atoms with Gasteiger partial charge in [-0.05, 0) is 18.2 Å². The Bertz CT molecular complexity index is 411. The van der Waals surface area contributed by atoms with Gasteiger partial charge in [0.1, 0.15) is 5.82 Å². The number of amides is 3. The molecule has 0 spiro atoms. The van der Waals surface area contributed by atoms with Crippen LogP contribution >= 0.6 is 11.6 Å². The van der Waals surface area contributed by atoms with E-state index in [-0.39, 0.29) is 10.6 Å². The number of urea groups is 1. The molecule has 0 radical (unpaired) electrons. The summed E-state index contributed by atoms with van der Waals surface area (Å²) in [6.07, 6.45) is 0. The van der Waals surface area contributed by atoms with Gasteiger partial charge in [0.25, 0.3) is 5.91 Å². The molecule has 0 aliphatic carbocycles. The normalized spacial score (nSPS) is 9.47.